The minimum absolute atomic E-state index is 0.308. The van der Waals surface area contributed by atoms with Gasteiger partial charge in [-0.05, 0) is 25.6 Å². The number of ketones is 1. The van der Waals surface area contributed by atoms with Crippen LogP contribution in [-0.2, 0) is 11.3 Å². The fourth-order valence-corrected chi connectivity index (χ4v) is 2.59. The van der Waals surface area contributed by atoms with Crippen LogP contribution in [0.4, 0.5) is 0 Å². The molecule has 1 aromatic heterocycles. The number of likely N-dealkylation sites (N-methyl/N-ethyl adjacent to an activating group) is 1. The molecule has 15 heavy (non-hydrogen) atoms. The second-order valence-electron chi connectivity index (χ2n) is 3.67. The first-order valence-electron chi connectivity index (χ1n) is 5.06. The van der Waals surface area contributed by atoms with Crippen molar-refractivity contribution in [2.24, 2.45) is 0 Å². The van der Waals surface area contributed by atoms with Crippen molar-refractivity contribution in [1.82, 2.24) is 4.90 Å². The van der Waals surface area contributed by atoms with Gasteiger partial charge in [-0.25, -0.2) is 0 Å². The van der Waals surface area contributed by atoms with Gasteiger partial charge in [0.1, 0.15) is 5.78 Å². The van der Waals surface area contributed by atoms with Crippen LogP contribution in [0, 0.1) is 0 Å². The van der Waals surface area contributed by atoms with Crippen LogP contribution in [-0.4, -0.2) is 24.3 Å². The molecule has 0 aromatic carbocycles. The number of halogens is 1. The van der Waals surface area contributed by atoms with E-state index in [9.17, 15) is 4.79 Å². The lowest BCUT2D eigenvalue weighted by Gasteiger charge is -2.14. The molecule has 1 aromatic rings. The Morgan fingerprint density at radius 2 is 2.27 bits per heavy atom. The second kappa shape index (κ2) is 6.26. The van der Waals surface area contributed by atoms with Crippen molar-refractivity contribution in [3.8, 4) is 0 Å². The topological polar surface area (TPSA) is 20.3 Å². The highest BCUT2D eigenvalue weighted by atomic mass is 35.5. The number of rotatable bonds is 6. The summed E-state index contributed by atoms with van der Waals surface area (Å²) in [7, 11) is 1.96. The third kappa shape index (κ3) is 4.78. The molecule has 0 radical (unpaired) electrons. The van der Waals surface area contributed by atoms with Crippen LogP contribution >= 0.6 is 22.9 Å². The number of carbonyl (C=O) groups is 1. The number of Topliss-reactive ketones (excluding diaryl/α,β-unsaturated/α-hetero) is 1. The molecule has 0 spiro atoms. The molecule has 0 fully saturated rings. The predicted molar refractivity (Wildman–Crippen MR) is 65.6 cm³/mol. The summed E-state index contributed by atoms with van der Waals surface area (Å²) in [5.74, 6) is 0.308. The van der Waals surface area contributed by atoms with E-state index in [0.717, 1.165) is 17.3 Å². The fourth-order valence-electron chi connectivity index (χ4n) is 1.42. The Kier molecular flexibility index (Phi) is 5.29. The molecule has 0 N–H and O–H groups in total. The summed E-state index contributed by atoms with van der Waals surface area (Å²) in [6.07, 6.45) is 1.60. The van der Waals surface area contributed by atoms with Gasteiger partial charge in [0, 0.05) is 17.8 Å². The van der Waals surface area contributed by atoms with E-state index in [1.54, 1.807) is 11.3 Å². The van der Waals surface area contributed by atoms with Crippen molar-refractivity contribution < 1.29 is 4.79 Å². The highest BCUT2D eigenvalue weighted by Crippen LogP contribution is 2.22. The Bertz CT molecular complexity index is 324. The highest BCUT2D eigenvalue weighted by molar-refractivity contribution is 7.16. The fraction of sp³-hybridized carbons (Fsp3) is 0.545. The van der Waals surface area contributed by atoms with Gasteiger partial charge in [0.2, 0.25) is 0 Å². The Hall–Kier alpha value is -0.380. The third-order valence-electron chi connectivity index (χ3n) is 2.03. The van der Waals surface area contributed by atoms with Gasteiger partial charge in [-0.15, -0.1) is 11.3 Å². The molecule has 4 heteroatoms. The highest BCUT2D eigenvalue weighted by Gasteiger charge is 2.07. The molecule has 0 aliphatic heterocycles. The zero-order valence-corrected chi connectivity index (χ0v) is 10.7. The molecule has 0 bridgehead atoms. The van der Waals surface area contributed by atoms with Gasteiger partial charge in [-0.3, -0.25) is 9.69 Å². The van der Waals surface area contributed by atoms with E-state index in [0.29, 0.717) is 18.7 Å². The average molecular weight is 246 g/mol. The van der Waals surface area contributed by atoms with Gasteiger partial charge in [0.05, 0.1) is 10.9 Å². The standard InChI is InChI=1S/C11H16ClNOS/c1-3-4-9(14)7-13(2)8-10-5-6-11(12)15-10/h5-6H,3-4,7-8H2,1-2H3. The maximum absolute atomic E-state index is 11.4. The smallest absolute Gasteiger partial charge is 0.146 e. The third-order valence-corrected chi connectivity index (χ3v) is 3.25. The van der Waals surface area contributed by atoms with Crippen LogP contribution in [0.2, 0.25) is 4.34 Å². The summed E-state index contributed by atoms with van der Waals surface area (Å²) in [4.78, 5) is 14.6. The SMILES string of the molecule is CCCC(=O)CN(C)Cc1ccc(Cl)s1. The molecule has 0 aliphatic rings. The summed E-state index contributed by atoms with van der Waals surface area (Å²) in [6, 6.07) is 3.90. The minimum atomic E-state index is 0.308. The molecule has 0 saturated carbocycles. The van der Waals surface area contributed by atoms with Gasteiger partial charge in [0.15, 0.2) is 0 Å². The molecule has 0 atom stereocenters. The summed E-state index contributed by atoms with van der Waals surface area (Å²) in [6.45, 7) is 3.35. The Labute approximate surface area is 99.9 Å². The number of hydrogen-bond donors (Lipinski definition) is 0. The number of carbonyl (C=O) groups excluding carboxylic acids is 1. The molecule has 1 heterocycles. The molecule has 0 unspecified atom stereocenters. The van der Waals surface area contributed by atoms with E-state index >= 15 is 0 Å². The van der Waals surface area contributed by atoms with Gasteiger partial charge in [0.25, 0.3) is 0 Å². The van der Waals surface area contributed by atoms with Crippen molar-refractivity contribution in [2.45, 2.75) is 26.3 Å². The summed E-state index contributed by atoms with van der Waals surface area (Å²) < 4.78 is 0.804. The lowest BCUT2D eigenvalue weighted by atomic mass is 10.2. The van der Waals surface area contributed by atoms with Crippen LogP contribution in [0.1, 0.15) is 24.6 Å². The van der Waals surface area contributed by atoms with Crippen molar-refractivity contribution in [3.05, 3.63) is 21.3 Å². The van der Waals surface area contributed by atoms with Crippen LogP contribution < -0.4 is 0 Å². The summed E-state index contributed by atoms with van der Waals surface area (Å²) in [5.41, 5.74) is 0. The van der Waals surface area contributed by atoms with E-state index in [1.165, 1.54) is 4.88 Å². The molecule has 2 nitrogen and oxygen atoms in total. The quantitative estimate of drug-likeness (QED) is 0.767. The first-order valence-corrected chi connectivity index (χ1v) is 6.25. The molecule has 84 valence electrons. The van der Waals surface area contributed by atoms with Crippen molar-refractivity contribution in [3.63, 3.8) is 0 Å². The first-order chi connectivity index (χ1) is 7.11. The monoisotopic (exact) mass is 245 g/mol. The van der Waals surface area contributed by atoms with Crippen LogP contribution in [0.3, 0.4) is 0 Å². The van der Waals surface area contributed by atoms with E-state index in [1.807, 2.05) is 31.0 Å². The number of hydrogen-bond acceptors (Lipinski definition) is 3. The van der Waals surface area contributed by atoms with Crippen molar-refractivity contribution in [2.75, 3.05) is 13.6 Å². The normalized spacial score (nSPS) is 10.9. The first kappa shape index (κ1) is 12.7. The molecular weight excluding hydrogens is 230 g/mol. The minimum Gasteiger partial charge on any atom is -0.298 e. The van der Waals surface area contributed by atoms with E-state index < -0.39 is 0 Å². The molecular formula is C11H16ClNOS. The lowest BCUT2D eigenvalue weighted by Crippen LogP contribution is -2.24. The lowest BCUT2D eigenvalue weighted by molar-refractivity contribution is -0.120. The summed E-state index contributed by atoms with van der Waals surface area (Å²) in [5, 5.41) is 0. The van der Waals surface area contributed by atoms with E-state index in [4.69, 9.17) is 11.6 Å². The van der Waals surface area contributed by atoms with E-state index in [2.05, 4.69) is 0 Å². The van der Waals surface area contributed by atoms with Crippen LogP contribution in [0.15, 0.2) is 12.1 Å². The van der Waals surface area contributed by atoms with Crippen LogP contribution in [0.25, 0.3) is 0 Å². The largest absolute Gasteiger partial charge is 0.298 e. The average Bonchev–Trinajstić information content (AvgIpc) is 2.51. The molecule has 1 rings (SSSR count). The maximum atomic E-state index is 11.4. The van der Waals surface area contributed by atoms with Gasteiger partial charge in [-0.1, -0.05) is 18.5 Å². The zero-order valence-electron chi connectivity index (χ0n) is 9.12. The number of nitrogens with zero attached hydrogens (tertiary/aromatic N) is 1. The van der Waals surface area contributed by atoms with Gasteiger partial charge < -0.3 is 0 Å². The second-order valence-corrected chi connectivity index (χ2v) is 5.47. The molecule has 0 aliphatic carbocycles. The zero-order chi connectivity index (χ0) is 11.3. The Balaban J connectivity index is 2.35. The molecule has 0 saturated heterocycles. The number of thiophene rings is 1. The summed E-state index contributed by atoms with van der Waals surface area (Å²) >= 11 is 7.40. The van der Waals surface area contributed by atoms with Gasteiger partial charge >= 0.3 is 0 Å². The van der Waals surface area contributed by atoms with E-state index in [-0.39, 0.29) is 0 Å². The Morgan fingerprint density at radius 3 is 2.80 bits per heavy atom. The van der Waals surface area contributed by atoms with Crippen LogP contribution in [0.5, 0.6) is 0 Å². The maximum Gasteiger partial charge on any atom is 0.146 e. The molecule has 0 amide bonds. The van der Waals surface area contributed by atoms with Gasteiger partial charge in [-0.2, -0.15) is 0 Å². The Morgan fingerprint density at radius 1 is 1.53 bits per heavy atom. The van der Waals surface area contributed by atoms with Crippen molar-refractivity contribution in [1.29, 1.82) is 0 Å². The van der Waals surface area contributed by atoms with Crippen molar-refractivity contribution >= 4 is 28.7 Å². The predicted octanol–water partition coefficient (Wildman–Crippen LogP) is 3.20.